The van der Waals surface area contributed by atoms with E-state index in [1.165, 1.54) is 23.2 Å². The molecule has 0 aromatic carbocycles. The van der Waals surface area contributed by atoms with Crippen LogP contribution in [-0.2, 0) is 14.0 Å². The van der Waals surface area contributed by atoms with Gasteiger partial charge in [-0.1, -0.05) is 64.8 Å². The lowest BCUT2D eigenvalue weighted by molar-refractivity contribution is -0.113. The number of aldehydes is 1. The minimum atomic E-state index is -2.07. The molecule has 0 bridgehead atoms. The quantitative estimate of drug-likeness (QED) is 0.275. The van der Waals surface area contributed by atoms with Crippen LogP contribution in [0.3, 0.4) is 0 Å². The number of fused-ring (bicyclic) bond motifs is 5. The van der Waals surface area contributed by atoms with Gasteiger partial charge < -0.3 is 18.9 Å². The molecule has 1 amide bonds. The van der Waals surface area contributed by atoms with Crippen molar-refractivity contribution in [3.05, 3.63) is 23.3 Å². The van der Waals surface area contributed by atoms with E-state index in [0.717, 1.165) is 32.1 Å². The Hall–Kier alpha value is -1.40. The van der Waals surface area contributed by atoms with Gasteiger partial charge in [0.1, 0.15) is 12.4 Å². The summed E-state index contributed by atoms with van der Waals surface area (Å²) in [6.07, 6.45) is 11.7. The van der Waals surface area contributed by atoms with Gasteiger partial charge in [-0.25, -0.2) is 4.79 Å². The topological polar surface area (TPSA) is 55.8 Å². The lowest BCUT2D eigenvalue weighted by Gasteiger charge is -2.59. The van der Waals surface area contributed by atoms with Crippen LogP contribution < -0.4 is 0 Å². The molecule has 0 spiro atoms. The number of carbonyl (C=O) groups excluding carboxylic acids is 2. The average Bonchev–Trinajstić information content (AvgIpc) is 3.15. The molecular weight excluding hydrogens is 478 g/mol. The van der Waals surface area contributed by atoms with Gasteiger partial charge in [-0.15, -0.1) is 0 Å². The summed E-state index contributed by atoms with van der Waals surface area (Å²) in [6.45, 7) is 18.6. The molecule has 8 atom stereocenters. The van der Waals surface area contributed by atoms with Gasteiger partial charge in [0.2, 0.25) is 0 Å². The van der Waals surface area contributed by atoms with Crippen LogP contribution in [0.1, 0.15) is 80.1 Å². The second-order valence-electron chi connectivity index (χ2n) is 14.7. The van der Waals surface area contributed by atoms with Gasteiger partial charge in [0.25, 0.3) is 0 Å². The summed E-state index contributed by atoms with van der Waals surface area (Å²) in [5, 5.41) is 0.0998. The maximum absolute atomic E-state index is 12.5. The minimum Gasteiger partial charge on any atom is -0.446 e. The molecule has 0 heterocycles. The summed E-state index contributed by atoms with van der Waals surface area (Å²) in [4.78, 5) is 25.8. The maximum Gasteiger partial charge on any atom is 0.409 e. The van der Waals surface area contributed by atoms with E-state index in [9.17, 15) is 9.59 Å². The highest BCUT2D eigenvalue weighted by molar-refractivity contribution is 6.74. The van der Waals surface area contributed by atoms with Gasteiger partial charge in [-0.05, 0) is 67.0 Å². The molecule has 4 rings (SSSR count). The van der Waals surface area contributed by atoms with Crippen LogP contribution in [0.2, 0.25) is 18.1 Å². The molecule has 0 aromatic heterocycles. The molecule has 0 aromatic rings. The van der Waals surface area contributed by atoms with Gasteiger partial charge in [-0.3, -0.25) is 0 Å². The third kappa shape index (κ3) is 4.68. The number of ether oxygens (including phenoxy) is 1. The highest BCUT2D eigenvalue weighted by Gasteiger charge is 2.60. The second-order valence-corrected chi connectivity index (χ2v) is 19.4. The summed E-state index contributed by atoms with van der Waals surface area (Å²) in [5.74, 6) is 1.56. The van der Waals surface area contributed by atoms with Crippen LogP contribution in [0.4, 0.5) is 4.79 Å². The molecule has 3 saturated carbocycles. The number of rotatable bonds is 5. The van der Waals surface area contributed by atoms with Gasteiger partial charge in [0.05, 0.1) is 6.10 Å². The van der Waals surface area contributed by atoms with E-state index in [2.05, 4.69) is 66.8 Å². The molecule has 5 nitrogen and oxygen atoms in total. The van der Waals surface area contributed by atoms with Crippen molar-refractivity contribution in [1.29, 1.82) is 0 Å². The van der Waals surface area contributed by atoms with Gasteiger partial charge in [0.15, 0.2) is 8.32 Å². The Bertz CT molecular complexity index is 978. The normalized spacial score (nSPS) is 38.4. The van der Waals surface area contributed by atoms with E-state index >= 15 is 0 Å². The Morgan fingerprint density at radius 3 is 2.41 bits per heavy atom. The van der Waals surface area contributed by atoms with E-state index in [0.29, 0.717) is 17.8 Å². The van der Waals surface area contributed by atoms with E-state index in [4.69, 9.17) is 9.16 Å². The van der Waals surface area contributed by atoms with E-state index in [-0.39, 0.29) is 40.1 Å². The largest absolute Gasteiger partial charge is 0.446 e. The summed E-state index contributed by atoms with van der Waals surface area (Å²) in [5.41, 5.74) is 3.06. The van der Waals surface area contributed by atoms with Crippen molar-refractivity contribution in [2.45, 2.75) is 110 Å². The summed E-state index contributed by atoms with van der Waals surface area (Å²) in [6, 6.07) is 0. The summed E-state index contributed by atoms with van der Waals surface area (Å²) < 4.78 is 13.2. The van der Waals surface area contributed by atoms with Crippen molar-refractivity contribution < 1.29 is 18.8 Å². The third-order valence-electron chi connectivity index (χ3n) is 11.4. The zero-order chi connectivity index (χ0) is 27.6. The average molecular weight is 530 g/mol. The van der Waals surface area contributed by atoms with Crippen LogP contribution in [0.15, 0.2) is 23.3 Å². The Morgan fingerprint density at radius 1 is 1.14 bits per heavy atom. The molecule has 208 valence electrons. The third-order valence-corrected chi connectivity index (χ3v) is 15.9. The number of carbonyl (C=O) groups is 2. The fraction of sp³-hybridized carbons (Fsp3) is 0.806. The van der Waals surface area contributed by atoms with Crippen molar-refractivity contribution in [3.63, 3.8) is 0 Å². The predicted octanol–water partition coefficient (Wildman–Crippen LogP) is 7.39. The fourth-order valence-electron chi connectivity index (χ4n) is 8.04. The van der Waals surface area contributed by atoms with Crippen molar-refractivity contribution >= 4 is 20.7 Å². The monoisotopic (exact) mass is 529 g/mol. The molecule has 4 aliphatic rings. The zero-order valence-corrected chi connectivity index (χ0v) is 26.0. The van der Waals surface area contributed by atoms with Crippen LogP contribution in [0.25, 0.3) is 0 Å². The van der Waals surface area contributed by atoms with E-state index < -0.39 is 8.32 Å². The molecule has 3 fully saturated rings. The molecule has 3 unspecified atom stereocenters. The molecule has 37 heavy (non-hydrogen) atoms. The van der Waals surface area contributed by atoms with Crippen molar-refractivity contribution in [1.82, 2.24) is 4.90 Å². The highest BCUT2D eigenvalue weighted by atomic mass is 28.4. The van der Waals surface area contributed by atoms with Crippen LogP contribution in [0.5, 0.6) is 0 Å². The van der Waals surface area contributed by atoms with Crippen LogP contribution in [-0.4, -0.2) is 51.9 Å². The SMILES string of the molecule is CC(C=O)[C@H]1CC[C@H]2C3=CC=C4CC(OC(=O)N(C)C)CC(O[Si](C)(C)C(C)(C)C)[C@]4(C)[C@H]3CC[C@]12C. The predicted molar refractivity (Wildman–Crippen MR) is 152 cm³/mol. The number of hydrogen-bond donors (Lipinski definition) is 0. The molecule has 0 radical (unpaired) electrons. The molecule has 0 N–H and O–H groups in total. The first-order valence-electron chi connectivity index (χ1n) is 14.5. The molecule has 0 saturated heterocycles. The van der Waals surface area contributed by atoms with Crippen LogP contribution >= 0.6 is 0 Å². The van der Waals surface area contributed by atoms with Gasteiger partial charge in [0, 0.05) is 38.3 Å². The lowest BCUT2D eigenvalue weighted by atomic mass is 9.49. The Labute approximate surface area is 226 Å². The zero-order valence-electron chi connectivity index (χ0n) is 25.0. The van der Waals surface area contributed by atoms with Gasteiger partial charge >= 0.3 is 6.09 Å². The first-order chi connectivity index (χ1) is 17.1. The lowest BCUT2D eigenvalue weighted by Crippen LogP contribution is -2.57. The van der Waals surface area contributed by atoms with Gasteiger partial charge in [-0.2, -0.15) is 0 Å². The molecule has 4 aliphatic carbocycles. The number of nitrogens with zero attached hydrogens (tertiary/aromatic N) is 1. The van der Waals surface area contributed by atoms with E-state index in [1.54, 1.807) is 19.7 Å². The highest BCUT2D eigenvalue weighted by Crippen LogP contribution is 2.66. The van der Waals surface area contributed by atoms with Crippen molar-refractivity contribution in [2.75, 3.05) is 14.1 Å². The summed E-state index contributed by atoms with van der Waals surface area (Å²) >= 11 is 0. The second kappa shape index (κ2) is 9.66. The smallest absolute Gasteiger partial charge is 0.409 e. The van der Waals surface area contributed by atoms with Crippen molar-refractivity contribution in [3.8, 4) is 0 Å². The maximum atomic E-state index is 12.5. The standard InChI is InChI=1S/C31H51NO4Si/c1-20(19-33)24-13-14-25-23-12-11-21-17-22(35-28(34)32(7)8)18-27(36-37(9,10)29(2,3)4)31(21,6)26(23)15-16-30(24,25)5/h11-12,19-20,22,24-27H,13-18H2,1-10H3/t20?,22?,24-,25+,26+,27?,30-,31+/m1/s1. The first kappa shape index (κ1) is 28.6. The molecule has 0 aliphatic heterocycles. The minimum absolute atomic E-state index is 0.0116. The number of hydrogen-bond acceptors (Lipinski definition) is 4. The Kier molecular flexibility index (Phi) is 7.46. The van der Waals surface area contributed by atoms with Crippen LogP contribution in [0, 0.1) is 34.5 Å². The first-order valence-corrected chi connectivity index (χ1v) is 17.4. The Balaban J connectivity index is 1.72. The fourth-order valence-corrected chi connectivity index (χ4v) is 9.45. The molecule has 6 heteroatoms. The number of allylic oxidation sites excluding steroid dienone is 3. The summed E-state index contributed by atoms with van der Waals surface area (Å²) in [7, 11) is 1.41. The molecular formula is C31H51NO4Si. The van der Waals surface area contributed by atoms with Crippen molar-refractivity contribution in [2.24, 2.45) is 34.5 Å². The van der Waals surface area contributed by atoms with E-state index in [1.807, 2.05) is 0 Å². The number of amides is 1. The Morgan fingerprint density at radius 2 is 1.81 bits per heavy atom.